The van der Waals surface area contributed by atoms with Crippen LogP contribution in [-0.4, -0.2) is 39.2 Å². The molecule has 1 saturated heterocycles. The summed E-state index contributed by atoms with van der Waals surface area (Å²) in [6.45, 7) is 6.48. The molecule has 140 valence electrons. The Balaban J connectivity index is 1.65. The summed E-state index contributed by atoms with van der Waals surface area (Å²) in [6, 6.07) is 14.8. The standard InChI is InChI=1S/C22H26N4O/c1-3-18(4-2)26-14-19(17-11-8-12-23-13-17)20(15-26)22-24-21(25-27-22)16-9-6-5-7-10-16/h5-13,18-20H,3-4,14-15H2,1-2H3/t19-,20+/m0/s1. The molecule has 0 spiro atoms. The minimum absolute atomic E-state index is 0.194. The van der Waals surface area contributed by atoms with Crippen LogP contribution in [0.4, 0.5) is 0 Å². The molecule has 0 bridgehead atoms. The summed E-state index contributed by atoms with van der Waals surface area (Å²) in [5, 5.41) is 4.25. The fraction of sp³-hybridized carbons (Fsp3) is 0.409. The van der Waals surface area contributed by atoms with Crippen molar-refractivity contribution in [2.24, 2.45) is 0 Å². The summed E-state index contributed by atoms with van der Waals surface area (Å²) in [5.74, 6) is 1.91. The van der Waals surface area contributed by atoms with E-state index in [1.165, 1.54) is 5.56 Å². The van der Waals surface area contributed by atoms with Crippen LogP contribution in [0.3, 0.4) is 0 Å². The normalized spacial score (nSPS) is 20.4. The Morgan fingerprint density at radius 2 is 1.81 bits per heavy atom. The Bertz CT molecular complexity index is 845. The lowest BCUT2D eigenvalue weighted by Gasteiger charge is -2.25. The quantitative estimate of drug-likeness (QED) is 0.646. The first-order valence-corrected chi connectivity index (χ1v) is 9.83. The fourth-order valence-corrected chi connectivity index (χ4v) is 4.21. The van der Waals surface area contributed by atoms with Gasteiger partial charge in [-0.25, -0.2) is 0 Å². The van der Waals surface area contributed by atoms with E-state index in [-0.39, 0.29) is 5.92 Å². The van der Waals surface area contributed by atoms with Crippen LogP contribution in [0.2, 0.25) is 0 Å². The van der Waals surface area contributed by atoms with Crippen LogP contribution in [0.5, 0.6) is 0 Å². The van der Waals surface area contributed by atoms with Gasteiger partial charge in [-0.15, -0.1) is 0 Å². The van der Waals surface area contributed by atoms with Gasteiger partial charge in [0.2, 0.25) is 11.7 Å². The number of likely N-dealkylation sites (tertiary alicyclic amines) is 1. The van der Waals surface area contributed by atoms with Crippen LogP contribution in [0, 0.1) is 0 Å². The Hall–Kier alpha value is -2.53. The number of rotatable bonds is 6. The van der Waals surface area contributed by atoms with Gasteiger partial charge >= 0.3 is 0 Å². The number of hydrogen-bond acceptors (Lipinski definition) is 5. The molecule has 0 aliphatic carbocycles. The molecule has 2 atom stereocenters. The Morgan fingerprint density at radius 1 is 1.04 bits per heavy atom. The predicted molar refractivity (Wildman–Crippen MR) is 105 cm³/mol. The van der Waals surface area contributed by atoms with E-state index in [0.29, 0.717) is 17.8 Å². The second-order valence-electron chi connectivity index (χ2n) is 7.25. The van der Waals surface area contributed by atoms with E-state index in [2.05, 4.69) is 35.0 Å². The average Bonchev–Trinajstić information content (AvgIpc) is 3.38. The van der Waals surface area contributed by atoms with Gasteiger partial charge < -0.3 is 4.52 Å². The SMILES string of the molecule is CCC(CC)N1C[C@@H](c2cccnc2)[C@H](c2nc(-c3ccccc3)no2)C1. The van der Waals surface area contributed by atoms with Gasteiger partial charge in [0.1, 0.15) is 0 Å². The van der Waals surface area contributed by atoms with Crippen molar-refractivity contribution in [2.45, 2.75) is 44.6 Å². The Kier molecular flexibility index (Phi) is 5.30. The third kappa shape index (κ3) is 3.65. The van der Waals surface area contributed by atoms with Crippen molar-refractivity contribution >= 4 is 0 Å². The van der Waals surface area contributed by atoms with Gasteiger partial charge in [0.05, 0.1) is 5.92 Å². The Morgan fingerprint density at radius 3 is 2.52 bits per heavy atom. The molecule has 1 aliphatic heterocycles. The molecular formula is C22H26N4O. The van der Waals surface area contributed by atoms with E-state index >= 15 is 0 Å². The van der Waals surface area contributed by atoms with E-state index in [1.54, 1.807) is 0 Å². The Labute approximate surface area is 160 Å². The van der Waals surface area contributed by atoms with Gasteiger partial charge in [-0.05, 0) is 24.5 Å². The van der Waals surface area contributed by atoms with E-state index in [4.69, 9.17) is 9.51 Å². The van der Waals surface area contributed by atoms with Crippen molar-refractivity contribution in [1.82, 2.24) is 20.0 Å². The molecule has 0 radical (unpaired) electrons. The highest BCUT2D eigenvalue weighted by Gasteiger charge is 2.40. The molecule has 0 saturated carbocycles. The lowest BCUT2D eigenvalue weighted by molar-refractivity contribution is 0.222. The molecule has 1 aromatic carbocycles. The van der Waals surface area contributed by atoms with Crippen LogP contribution in [0.25, 0.3) is 11.4 Å². The van der Waals surface area contributed by atoms with Gasteiger partial charge in [0.25, 0.3) is 0 Å². The smallest absolute Gasteiger partial charge is 0.232 e. The summed E-state index contributed by atoms with van der Waals surface area (Å²) in [4.78, 5) is 11.7. The van der Waals surface area contributed by atoms with Crippen molar-refractivity contribution in [1.29, 1.82) is 0 Å². The first kappa shape index (κ1) is 17.9. The summed E-state index contributed by atoms with van der Waals surface area (Å²) >= 11 is 0. The van der Waals surface area contributed by atoms with Crippen LogP contribution >= 0.6 is 0 Å². The number of benzene rings is 1. The van der Waals surface area contributed by atoms with Gasteiger partial charge in [0, 0.05) is 43.0 Å². The molecule has 0 unspecified atom stereocenters. The number of aromatic nitrogens is 3. The predicted octanol–water partition coefficient (Wildman–Crippen LogP) is 4.50. The lowest BCUT2D eigenvalue weighted by Crippen LogP contribution is -2.32. The maximum atomic E-state index is 5.74. The van der Waals surface area contributed by atoms with Gasteiger partial charge in [0.15, 0.2) is 0 Å². The molecule has 0 amide bonds. The highest BCUT2D eigenvalue weighted by Crippen LogP contribution is 2.40. The van der Waals surface area contributed by atoms with Crippen molar-refractivity contribution < 1.29 is 4.52 Å². The van der Waals surface area contributed by atoms with Crippen molar-refractivity contribution in [3.8, 4) is 11.4 Å². The molecule has 3 aromatic rings. The maximum absolute atomic E-state index is 5.74. The molecule has 5 nitrogen and oxygen atoms in total. The zero-order valence-corrected chi connectivity index (χ0v) is 16.0. The molecule has 27 heavy (non-hydrogen) atoms. The first-order valence-electron chi connectivity index (χ1n) is 9.83. The molecule has 1 fully saturated rings. The highest BCUT2D eigenvalue weighted by atomic mass is 16.5. The van der Waals surface area contributed by atoms with Crippen LogP contribution in [0.1, 0.15) is 50.0 Å². The topological polar surface area (TPSA) is 55.1 Å². The van der Waals surface area contributed by atoms with E-state index < -0.39 is 0 Å². The van der Waals surface area contributed by atoms with Crippen LogP contribution in [0.15, 0.2) is 59.4 Å². The second-order valence-corrected chi connectivity index (χ2v) is 7.25. The minimum Gasteiger partial charge on any atom is -0.339 e. The maximum Gasteiger partial charge on any atom is 0.232 e. The molecule has 0 N–H and O–H groups in total. The number of nitrogens with zero attached hydrogens (tertiary/aromatic N) is 4. The van der Waals surface area contributed by atoms with Crippen LogP contribution < -0.4 is 0 Å². The third-order valence-corrected chi connectivity index (χ3v) is 5.71. The minimum atomic E-state index is 0.194. The third-order valence-electron chi connectivity index (χ3n) is 5.71. The largest absolute Gasteiger partial charge is 0.339 e. The number of pyridine rings is 1. The fourth-order valence-electron chi connectivity index (χ4n) is 4.21. The summed E-state index contributed by atoms with van der Waals surface area (Å²) < 4.78 is 5.74. The van der Waals surface area contributed by atoms with Gasteiger partial charge in [-0.1, -0.05) is 55.4 Å². The van der Waals surface area contributed by atoms with E-state index in [1.807, 2.05) is 48.8 Å². The molecule has 5 heteroatoms. The second kappa shape index (κ2) is 8.01. The highest BCUT2D eigenvalue weighted by molar-refractivity contribution is 5.53. The monoisotopic (exact) mass is 362 g/mol. The lowest BCUT2D eigenvalue weighted by atomic mass is 9.90. The summed E-state index contributed by atoms with van der Waals surface area (Å²) in [5.41, 5.74) is 2.23. The molecule has 2 aromatic heterocycles. The van der Waals surface area contributed by atoms with Crippen molar-refractivity contribution in [3.05, 3.63) is 66.3 Å². The average molecular weight is 362 g/mol. The van der Waals surface area contributed by atoms with Gasteiger partial charge in [-0.3, -0.25) is 9.88 Å². The zero-order valence-electron chi connectivity index (χ0n) is 16.0. The summed E-state index contributed by atoms with van der Waals surface area (Å²) in [6.07, 6.45) is 6.11. The number of hydrogen-bond donors (Lipinski definition) is 0. The molecule has 4 rings (SSSR count). The van der Waals surface area contributed by atoms with E-state index in [9.17, 15) is 0 Å². The molecule has 1 aliphatic rings. The first-order chi connectivity index (χ1) is 13.3. The molecule has 3 heterocycles. The summed E-state index contributed by atoms with van der Waals surface area (Å²) in [7, 11) is 0. The van der Waals surface area contributed by atoms with Crippen molar-refractivity contribution in [2.75, 3.05) is 13.1 Å². The van der Waals surface area contributed by atoms with E-state index in [0.717, 1.165) is 37.4 Å². The van der Waals surface area contributed by atoms with Crippen LogP contribution in [-0.2, 0) is 0 Å². The van der Waals surface area contributed by atoms with Crippen molar-refractivity contribution in [3.63, 3.8) is 0 Å². The molecular weight excluding hydrogens is 336 g/mol. The zero-order chi connectivity index (χ0) is 18.6. The van der Waals surface area contributed by atoms with Gasteiger partial charge in [-0.2, -0.15) is 4.98 Å².